The molecule has 1 aromatic heterocycles. The molecule has 0 aliphatic carbocycles. The number of methoxy groups -OCH3 is 1. The summed E-state index contributed by atoms with van der Waals surface area (Å²) in [5.74, 6) is 0.482. The fourth-order valence-electron chi connectivity index (χ4n) is 2.49. The summed E-state index contributed by atoms with van der Waals surface area (Å²) >= 11 is 0. The number of carbonyl (C=O) groups excluding carboxylic acids is 1. The van der Waals surface area contributed by atoms with E-state index in [2.05, 4.69) is 5.10 Å². The van der Waals surface area contributed by atoms with Gasteiger partial charge in [0.15, 0.2) is 0 Å². The number of carbonyl (C=O) groups is 1. The summed E-state index contributed by atoms with van der Waals surface area (Å²) < 4.78 is 12.4. The average molecular weight is 284 g/mol. The topological polar surface area (TPSA) is 53.4 Å². The van der Waals surface area contributed by atoms with Crippen molar-refractivity contribution in [2.45, 2.75) is 13.3 Å². The highest BCUT2D eigenvalue weighted by atomic mass is 16.5. The van der Waals surface area contributed by atoms with Crippen molar-refractivity contribution >= 4 is 11.5 Å². The molecule has 0 radical (unpaired) electrons. The van der Waals surface area contributed by atoms with E-state index in [1.807, 2.05) is 37.4 Å². The van der Waals surface area contributed by atoms with E-state index in [9.17, 15) is 4.79 Å². The number of hydrogen-bond acceptors (Lipinski definition) is 4. The second kappa shape index (κ2) is 5.44. The van der Waals surface area contributed by atoms with Crippen LogP contribution in [0.4, 0.5) is 0 Å². The second-order valence-corrected chi connectivity index (χ2v) is 4.82. The summed E-state index contributed by atoms with van der Waals surface area (Å²) in [5, 5.41) is 4.22. The van der Waals surface area contributed by atoms with Crippen molar-refractivity contribution in [3.63, 3.8) is 0 Å². The normalized spacial score (nSPS) is 14.2. The van der Waals surface area contributed by atoms with Crippen molar-refractivity contribution in [3.8, 4) is 11.4 Å². The number of hydrogen-bond donors (Lipinski definition) is 0. The molecule has 0 fully saturated rings. The predicted molar refractivity (Wildman–Crippen MR) is 78.3 cm³/mol. The van der Waals surface area contributed by atoms with Gasteiger partial charge < -0.3 is 9.47 Å². The van der Waals surface area contributed by atoms with Crippen LogP contribution in [0.25, 0.3) is 11.3 Å². The Labute approximate surface area is 122 Å². The van der Waals surface area contributed by atoms with Crippen molar-refractivity contribution in [2.75, 3.05) is 13.7 Å². The van der Waals surface area contributed by atoms with Crippen LogP contribution in [-0.4, -0.2) is 29.5 Å². The molecule has 0 N–H and O–H groups in total. The molecule has 1 aliphatic heterocycles. The van der Waals surface area contributed by atoms with Gasteiger partial charge in [0.25, 0.3) is 0 Å². The molecule has 2 heterocycles. The monoisotopic (exact) mass is 284 g/mol. The van der Waals surface area contributed by atoms with Gasteiger partial charge in [-0.05, 0) is 36.8 Å². The van der Waals surface area contributed by atoms with Gasteiger partial charge in [-0.2, -0.15) is 5.10 Å². The van der Waals surface area contributed by atoms with Crippen molar-refractivity contribution < 1.29 is 14.3 Å². The SMILES string of the molecule is COC(=O)C1=C(C)c2cc(-n3cccn3)ccc2OCC1. The van der Waals surface area contributed by atoms with Crippen molar-refractivity contribution in [3.05, 3.63) is 47.8 Å². The number of nitrogens with zero attached hydrogens (tertiary/aromatic N) is 2. The van der Waals surface area contributed by atoms with Gasteiger partial charge in [0.2, 0.25) is 0 Å². The molecule has 0 unspecified atom stereocenters. The van der Waals surface area contributed by atoms with Gasteiger partial charge in [-0.15, -0.1) is 0 Å². The van der Waals surface area contributed by atoms with Crippen LogP contribution in [-0.2, 0) is 9.53 Å². The Hall–Kier alpha value is -2.56. The van der Waals surface area contributed by atoms with Gasteiger partial charge in [0, 0.05) is 30.0 Å². The highest BCUT2D eigenvalue weighted by Crippen LogP contribution is 2.34. The Balaban J connectivity index is 2.12. The molecule has 0 atom stereocenters. The Kier molecular flexibility index (Phi) is 3.48. The summed E-state index contributed by atoms with van der Waals surface area (Å²) in [4.78, 5) is 11.9. The number of benzene rings is 1. The van der Waals surface area contributed by atoms with Crippen LogP contribution < -0.4 is 4.74 Å². The Morgan fingerprint density at radius 1 is 1.43 bits per heavy atom. The molecule has 5 heteroatoms. The van der Waals surface area contributed by atoms with E-state index in [1.165, 1.54) is 7.11 Å². The molecule has 1 aliphatic rings. The van der Waals surface area contributed by atoms with E-state index in [1.54, 1.807) is 10.9 Å². The zero-order valence-electron chi connectivity index (χ0n) is 12.0. The van der Waals surface area contributed by atoms with Crippen LogP contribution in [0.3, 0.4) is 0 Å². The zero-order valence-corrected chi connectivity index (χ0v) is 12.0. The molecule has 2 aromatic rings. The van der Waals surface area contributed by atoms with Crippen molar-refractivity contribution in [1.29, 1.82) is 0 Å². The zero-order chi connectivity index (χ0) is 14.8. The quantitative estimate of drug-likeness (QED) is 0.795. The van der Waals surface area contributed by atoms with Gasteiger partial charge >= 0.3 is 5.97 Å². The smallest absolute Gasteiger partial charge is 0.334 e. The standard InChI is InChI=1S/C16H16N2O3/c1-11-13(16(19)20-2)6-9-21-15-5-4-12(10-14(11)15)18-8-3-7-17-18/h3-5,7-8,10H,6,9H2,1-2H3. The summed E-state index contributed by atoms with van der Waals surface area (Å²) in [6.45, 7) is 2.39. The molecule has 0 amide bonds. The van der Waals surface area contributed by atoms with E-state index in [0.29, 0.717) is 18.6 Å². The van der Waals surface area contributed by atoms with E-state index in [0.717, 1.165) is 22.6 Å². The third kappa shape index (κ3) is 2.42. The largest absolute Gasteiger partial charge is 0.493 e. The lowest BCUT2D eigenvalue weighted by Crippen LogP contribution is -2.08. The molecule has 1 aromatic carbocycles. The summed E-state index contributed by atoms with van der Waals surface area (Å²) in [7, 11) is 1.40. The molecule has 3 rings (SSSR count). The minimum absolute atomic E-state index is 0.298. The Morgan fingerprint density at radius 2 is 2.29 bits per heavy atom. The Bertz CT molecular complexity index is 702. The first-order chi connectivity index (χ1) is 10.2. The number of fused-ring (bicyclic) bond motifs is 1. The first-order valence-electron chi connectivity index (χ1n) is 6.76. The number of esters is 1. The minimum atomic E-state index is -0.298. The lowest BCUT2D eigenvalue weighted by molar-refractivity contribution is -0.136. The maximum atomic E-state index is 11.9. The van der Waals surface area contributed by atoms with E-state index in [4.69, 9.17) is 9.47 Å². The third-order valence-electron chi connectivity index (χ3n) is 3.63. The van der Waals surface area contributed by atoms with Crippen LogP contribution >= 0.6 is 0 Å². The third-order valence-corrected chi connectivity index (χ3v) is 3.63. The lowest BCUT2D eigenvalue weighted by atomic mass is 9.99. The van der Waals surface area contributed by atoms with Crippen molar-refractivity contribution in [1.82, 2.24) is 9.78 Å². The van der Waals surface area contributed by atoms with Crippen molar-refractivity contribution in [2.24, 2.45) is 0 Å². The van der Waals surface area contributed by atoms with Gasteiger partial charge in [-0.3, -0.25) is 0 Å². The van der Waals surface area contributed by atoms with Gasteiger partial charge in [0.05, 0.1) is 19.4 Å². The van der Waals surface area contributed by atoms with Crippen LogP contribution in [0.1, 0.15) is 18.9 Å². The highest BCUT2D eigenvalue weighted by molar-refractivity contribution is 5.98. The van der Waals surface area contributed by atoms with Gasteiger partial charge in [0.1, 0.15) is 5.75 Å². The molecule has 21 heavy (non-hydrogen) atoms. The van der Waals surface area contributed by atoms with Crippen LogP contribution in [0.15, 0.2) is 42.2 Å². The molecular formula is C16H16N2O3. The molecule has 0 spiro atoms. The maximum Gasteiger partial charge on any atom is 0.334 e. The van der Waals surface area contributed by atoms with E-state index < -0.39 is 0 Å². The van der Waals surface area contributed by atoms with Crippen LogP contribution in [0.2, 0.25) is 0 Å². The van der Waals surface area contributed by atoms with E-state index >= 15 is 0 Å². The number of allylic oxidation sites excluding steroid dienone is 1. The molecule has 5 nitrogen and oxygen atoms in total. The summed E-state index contributed by atoms with van der Waals surface area (Å²) in [6.07, 6.45) is 4.15. The average Bonchev–Trinajstić information content (AvgIpc) is 2.99. The number of rotatable bonds is 2. The predicted octanol–water partition coefficient (Wildman–Crippen LogP) is 2.60. The first-order valence-corrected chi connectivity index (χ1v) is 6.76. The fraction of sp³-hybridized carbons (Fsp3) is 0.250. The molecule has 0 saturated carbocycles. The second-order valence-electron chi connectivity index (χ2n) is 4.82. The minimum Gasteiger partial charge on any atom is -0.493 e. The van der Waals surface area contributed by atoms with E-state index in [-0.39, 0.29) is 5.97 Å². The highest BCUT2D eigenvalue weighted by Gasteiger charge is 2.21. The number of ether oxygens (including phenoxy) is 2. The summed E-state index contributed by atoms with van der Waals surface area (Å²) in [6, 6.07) is 7.70. The number of aromatic nitrogens is 2. The molecule has 108 valence electrons. The Morgan fingerprint density at radius 3 is 3.00 bits per heavy atom. The van der Waals surface area contributed by atoms with Gasteiger partial charge in [-0.1, -0.05) is 0 Å². The first kappa shape index (κ1) is 13.4. The molecule has 0 saturated heterocycles. The molecular weight excluding hydrogens is 268 g/mol. The molecule has 0 bridgehead atoms. The maximum absolute atomic E-state index is 11.9. The summed E-state index contributed by atoms with van der Waals surface area (Å²) in [5.41, 5.74) is 3.38. The van der Waals surface area contributed by atoms with Crippen LogP contribution in [0.5, 0.6) is 5.75 Å². The fourth-order valence-corrected chi connectivity index (χ4v) is 2.49. The van der Waals surface area contributed by atoms with Gasteiger partial charge in [-0.25, -0.2) is 9.48 Å². The van der Waals surface area contributed by atoms with Crippen LogP contribution in [0, 0.1) is 0 Å². The lowest BCUT2D eigenvalue weighted by Gasteiger charge is -2.11.